The van der Waals surface area contributed by atoms with Crippen LogP contribution >= 0.6 is 35.5 Å². The molecule has 0 aliphatic carbocycles. The highest BCUT2D eigenvalue weighted by atomic mass is 35.5. The Balaban J connectivity index is 0.00000225. The van der Waals surface area contributed by atoms with Crippen LogP contribution in [-0.4, -0.2) is 16.5 Å². The van der Waals surface area contributed by atoms with Crippen molar-refractivity contribution in [2.45, 2.75) is 17.9 Å². The number of rotatable bonds is 5. The molecule has 0 unspecified atom stereocenters. The number of oxazole rings is 1. The van der Waals surface area contributed by atoms with Crippen LogP contribution in [-0.2, 0) is 12.7 Å². The van der Waals surface area contributed by atoms with E-state index < -0.39 is 11.7 Å². The largest absolute Gasteiger partial charge is 0.431 e. The first-order valence-corrected chi connectivity index (χ1v) is 8.60. The molecule has 0 atom stereocenters. The van der Waals surface area contributed by atoms with E-state index in [4.69, 9.17) is 10.2 Å². The van der Waals surface area contributed by atoms with Crippen LogP contribution in [0.15, 0.2) is 40.0 Å². The van der Waals surface area contributed by atoms with Gasteiger partial charge < -0.3 is 10.2 Å². The molecule has 1 aromatic carbocycles. The van der Waals surface area contributed by atoms with Crippen LogP contribution in [0.1, 0.15) is 20.1 Å². The van der Waals surface area contributed by atoms with Crippen LogP contribution in [0.2, 0.25) is 0 Å². The normalized spacial score (nSPS) is 11.5. The molecule has 0 aliphatic heterocycles. The highest BCUT2D eigenvalue weighted by molar-refractivity contribution is 7.99. The van der Waals surface area contributed by atoms with Crippen molar-refractivity contribution in [3.8, 4) is 0 Å². The van der Waals surface area contributed by atoms with E-state index in [-0.39, 0.29) is 40.3 Å². The van der Waals surface area contributed by atoms with Gasteiger partial charge in [0.25, 0.3) is 5.22 Å². The molecule has 2 aromatic heterocycles. The molecule has 0 radical (unpaired) electrons. The number of thiophene rings is 1. The molecule has 2 heterocycles. The molecular formula is C15H12ClF3N2O2S2. The molecule has 25 heavy (non-hydrogen) atoms. The number of benzene rings is 1. The number of para-hydroxylation sites is 1. The summed E-state index contributed by atoms with van der Waals surface area (Å²) in [5.74, 6) is -0.124. The maximum atomic E-state index is 12.9. The van der Waals surface area contributed by atoms with Gasteiger partial charge in [-0.15, -0.1) is 23.7 Å². The Morgan fingerprint density at radius 1 is 1.28 bits per heavy atom. The molecule has 0 saturated carbocycles. The predicted molar refractivity (Wildman–Crippen MR) is 93.5 cm³/mol. The Hall–Kier alpha value is -1.55. The lowest BCUT2D eigenvalue weighted by Gasteiger charge is -2.05. The van der Waals surface area contributed by atoms with Gasteiger partial charge in [-0.2, -0.15) is 13.2 Å². The minimum atomic E-state index is -4.51. The molecule has 0 bridgehead atoms. The molecule has 0 spiro atoms. The van der Waals surface area contributed by atoms with E-state index in [1.807, 2.05) is 0 Å². The first-order valence-electron chi connectivity index (χ1n) is 6.80. The first kappa shape index (κ1) is 19.8. The molecule has 10 heteroatoms. The van der Waals surface area contributed by atoms with Gasteiger partial charge in [0, 0.05) is 11.4 Å². The topological polar surface area (TPSA) is 69.1 Å². The zero-order valence-electron chi connectivity index (χ0n) is 12.5. The van der Waals surface area contributed by atoms with Crippen molar-refractivity contribution in [1.29, 1.82) is 0 Å². The van der Waals surface area contributed by atoms with Crippen molar-refractivity contribution >= 4 is 52.4 Å². The highest BCUT2D eigenvalue weighted by Gasteiger charge is 2.34. The zero-order valence-corrected chi connectivity index (χ0v) is 15.0. The van der Waals surface area contributed by atoms with Crippen LogP contribution < -0.4 is 5.73 Å². The maximum absolute atomic E-state index is 12.9. The third-order valence-corrected chi connectivity index (χ3v) is 5.15. The maximum Gasteiger partial charge on any atom is 0.418 e. The highest BCUT2D eigenvalue weighted by Crippen LogP contribution is 2.36. The third-order valence-electron chi connectivity index (χ3n) is 3.17. The fourth-order valence-corrected chi connectivity index (χ4v) is 3.68. The summed E-state index contributed by atoms with van der Waals surface area (Å²) in [5.41, 5.74) is 4.44. The van der Waals surface area contributed by atoms with Gasteiger partial charge in [0.15, 0.2) is 11.4 Å². The number of nitrogens with zero attached hydrogens (tertiary/aromatic N) is 1. The number of carbonyl (C=O) groups excluding carboxylic acids is 1. The van der Waals surface area contributed by atoms with Crippen molar-refractivity contribution < 1.29 is 22.4 Å². The van der Waals surface area contributed by atoms with E-state index in [0.717, 1.165) is 22.7 Å². The number of aromatic nitrogens is 1. The summed E-state index contributed by atoms with van der Waals surface area (Å²) in [4.78, 5) is 17.4. The van der Waals surface area contributed by atoms with Crippen molar-refractivity contribution in [3.05, 3.63) is 45.6 Å². The Labute approximate surface area is 155 Å². The second-order valence-corrected chi connectivity index (χ2v) is 6.91. The standard InChI is InChI=1S/C15H11F3N2O2S2.ClH/c16-15(17,18)9-2-1-3-11-13(9)20-14(22-11)23-7-10(21)12-5-4-8(6-19)24-12;/h1-5H,6-7,19H2;1H. The number of halogens is 4. The van der Waals surface area contributed by atoms with E-state index in [9.17, 15) is 18.0 Å². The number of ketones is 1. The van der Waals surface area contributed by atoms with Gasteiger partial charge in [0.05, 0.1) is 16.2 Å². The number of hydrogen-bond donors (Lipinski definition) is 1. The fourth-order valence-electron chi connectivity index (χ4n) is 2.05. The Morgan fingerprint density at radius 2 is 2.04 bits per heavy atom. The lowest BCUT2D eigenvalue weighted by Crippen LogP contribution is -2.05. The van der Waals surface area contributed by atoms with Crippen molar-refractivity contribution in [2.75, 3.05) is 5.75 Å². The third kappa shape index (κ3) is 4.35. The number of fused-ring (bicyclic) bond motifs is 1. The average Bonchev–Trinajstić information content (AvgIpc) is 3.17. The molecule has 0 saturated heterocycles. The molecule has 4 nitrogen and oxygen atoms in total. The second kappa shape index (κ2) is 7.77. The molecule has 0 aliphatic rings. The minimum Gasteiger partial charge on any atom is -0.431 e. The van der Waals surface area contributed by atoms with Gasteiger partial charge in [0.2, 0.25) is 0 Å². The Kier molecular flexibility index (Phi) is 6.15. The van der Waals surface area contributed by atoms with Gasteiger partial charge >= 0.3 is 6.18 Å². The SMILES string of the molecule is Cl.NCc1ccc(C(=O)CSc2nc3c(C(F)(F)F)cccc3o2)s1. The predicted octanol–water partition coefficient (Wildman–Crippen LogP) is 4.76. The average molecular weight is 409 g/mol. The minimum absolute atomic E-state index is 0. The van der Waals surface area contributed by atoms with E-state index >= 15 is 0 Å². The lowest BCUT2D eigenvalue weighted by atomic mass is 10.2. The number of carbonyl (C=O) groups is 1. The monoisotopic (exact) mass is 408 g/mol. The van der Waals surface area contributed by atoms with Crippen molar-refractivity contribution in [2.24, 2.45) is 5.73 Å². The van der Waals surface area contributed by atoms with Gasteiger partial charge in [-0.3, -0.25) is 4.79 Å². The van der Waals surface area contributed by atoms with Gasteiger partial charge in [0.1, 0.15) is 5.52 Å². The van der Waals surface area contributed by atoms with Crippen LogP contribution in [0.5, 0.6) is 0 Å². The molecule has 0 fully saturated rings. The van der Waals surface area contributed by atoms with Crippen molar-refractivity contribution in [3.63, 3.8) is 0 Å². The number of Topliss-reactive ketones (excluding diaryl/α,β-unsaturated/α-hetero) is 1. The number of alkyl halides is 3. The summed E-state index contributed by atoms with van der Waals surface area (Å²) in [6, 6.07) is 7.08. The van der Waals surface area contributed by atoms with E-state index in [1.165, 1.54) is 23.5 Å². The number of hydrogen-bond acceptors (Lipinski definition) is 6. The van der Waals surface area contributed by atoms with Crippen LogP contribution in [0.25, 0.3) is 11.1 Å². The van der Waals surface area contributed by atoms with Crippen LogP contribution in [0.3, 0.4) is 0 Å². The number of thioether (sulfide) groups is 1. The van der Waals surface area contributed by atoms with E-state index in [1.54, 1.807) is 12.1 Å². The molecule has 0 amide bonds. The summed E-state index contributed by atoms with van der Waals surface area (Å²) in [6.07, 6.45) is -4.51. The van der Waals surface area contributed by atoms with E-state index in [2.05, 4.69) is 4.98 Å². The quantitative estimate of drug-likeness (QED) is 0.486. The summed E-state index contributed by atoms with van der Waals surface area (Å²) in [5, 5.41) is 0.0330. The molecule has 3 aromatic rings. The summed E-state index contributed by atoms with van der Waals surface area (Å²) in [6.45, 7) is 0.358. The summed E-state index contributed by atoms with van der Waals surface area (Å²) < 4.78 is 44.1. The molecule has 3 rings (SSSR count). The first-order chi connectivity index (χ1) is 11.4. The van der Waals surface area contributed by atoms with Crippen LogP contribution in [0.4, 0.5) is 13.2 Å². The number of nitrogens with two attached hydrogens (primary N) is 1. The summed E-state index contributed by atoms with van der Waals surface area (Å²) in [7, 11) is 0. The van der Waals surface area contributed by atoms with Crippen LogP contribution in [0, 0.1) is 0 Å². The Bertz CT molecular complexity index is 892. The lowest BCUT2D eigenvalue weighted by molar-refractivity contribution is -0.136. The zero-order chi connectivity index (χ0) is 17.3. The molecule has 134 valence electrons. The smallest absolute Gasteiger partial charge is 0.418 e. The Morgan fingerprint density at radius 3 is 2.68 bits per heavy atom. The molecular weight excluding hydrogens is 397 g/mol. The fraction of sp³-hybridized carbons (Fsp3) is 0.200. The summed E-state index contributed by atoms with van der Waals surface area (Å²) >= 11 is 2.27. The van der Waals surface area contributed by atoms with E-state index in [0.29, 0.717) is 11.4 Å². The van der Waals surface area contributed by atoms with Gasteiger partial charge in [-0.1, -0.05) is 17.8 Å². The molecule has 2 N–H and O–H groups in total. The van der Waals surface area contributed by atoms with Crippen molar-refractivity contribution in [1.82, 2.24) is 4.98 Å². The van der Waals surface area contributed by atoms with Gasteiger partial charge in [-0.05, 0) is 24.3 Å². The van der Waals surface area contributed by atoms with Gasteiger partial charge in [-0.25, -0.2) is 4.98 Å². The second-order valence-electron chi connectivity index (χ2n) is 4.81.